The summed E-state index contributed by atoms with van der Waals surface area (Å²) in [4.78, 5) is 13.1. The standard InChI is InChI=1S/C57H105NO10/c1-3-5-7-9-11-13-15-16-17-18-19-20-21-22-23-24-25-26-27-28-29-30-31-32-33-35-36-38-40-42-44-49(60)52(62)48(47-67-57-55(65)54(64)53(63)51(46-59)68-57)58-56(66)50(61)45-43-41-39-37-34-14-12-10-8-6-4-2/h12,14,27-28,31-32,36,38,48-55,57,59-65H,3-11,13,15-26,29-30,33-35,37,39-47H2,1-2H3,(H,58,66)/b14-12-,28-27+,32-31+,38-36+. The third-order valence-corrected chi connectivity index (χ3v) is 13.3. The molecule has 1 amide bonds. The normalized spacial score (nSPS) is 20.9. The second-order valence-corrected chi connectivity index (χ2v) is 19.6. The van der Waals surface area contributed by atoms with Gasteiger partial charge in [0.05, 0.1) is 25.4 Å². The lowest BCUT2D eigenvalue weighted by atomic mass is 9.98. The van der Waals surface area contributed by atoms with Crippen LogP contribution in [0.15, 0.2) is 48.6 Å². The first-order chi connectivity index (χ1) is 33.2. The molecule has 1 aliphatic rings. The van der Waals surface area contributed by atoms with Gasteiger partial charge in [0.25, 0.3) is 0 Å². The van der Waals surface area contributed by atoms with Gasteiger partial charge in [-0.25, -0.2) is 0 Å². The number of amides is 1. The SMILES string of the molecule is CCCCC/C=C\CCCCCCC(O)C(=O)NC(COC1OC(CO)C(O)C(O)C1O)C(O)C(O)CCC/C=C/CC/C=C/CC/C=C/CCCCCCCCCCCCCCCCCCC. The van der Waals surface area contributed by atoms with Crippen molar-refractivity contribution in [2.24, 2.45) is 0 Å². The van der Waals surface area contributed by atoms with Crippen LogP contribution in [-0.2, 0) is 14.3 Å². The highest BCUT2D eigenvalue weighted by Crippen LogP contribution is 2.23. The molecule has 11 heteroatoms. The molecular weight excluding hydrogens is 859 g/mol. The van der Waals surface area contributed by atoms with E-state index in [9.17, 15) is 40.5 Å². The number of unbranched alkanes of at least 4 members (excludes halogenated alkanes) is 27. The van der Waals surface area contributed by atoms with Gasteiger partial charge < -0.3 is 50.5 Å². The first-order valence-electron chi connectivity index (χ1n) is 28.0. The number of carbonyl (C=O) groups excluding carboxylic acids is 1. The van der Waals surface area contributed by atoms with Crippen LogP contribution >= 0.6 is 0 Å². The Balaban J connectivity index is 2.30. The Bertz CT molecular complexity index is 1240. The van der Waals surface area contributed by atoms with E-state index in [1.807, 2.05) is 0 Å². The van der Waals surface area contributed by atoms with Gasteiger partial charge in [0.15, 0.2) is 6.29 Å². The number of carbonyl (C=O) groups is 1. The van der Waals surface area contributed by atoms with Crippen molar-refractivity contribution in [1.82, 2.24) is 5.32 Å². The van der Waals surface area contributed by atoms with Gasteiger partial charge in [-0.2, -0.15) is 0 Å². The van der Waals surface area contributed by atoms with Crippen LogP contribution in [0.2, 0.25) is 0 Å². The van der Waals surface area contributed by atoms with E-state index in [-0.39, 0.29) is 12.8 Å². The third kappa shape index (κ3) is 34.4. The lowest BCUT2D eigenvalue weighted by Gasteiger charge is -2.40. The number of aliphatic hydroxyl groups excluding tert-OH is 7. The molecule has 0 aliphatic carbocycles. The molecule has 11 nitrogen and oxygen atoms in total. The summed E-state index contributed by atoms with van der Waals surface area (Å²) in [5, 5.41) is 75.8. The molecule has 9 unspecified atom stereocenters. The van der Waals surface area contributed by atoms with Gasteiger partial charge in [0.2, 0.25) is 5.91 Å². The van der Waals surface area contributed by atoms with Crippen LogP contribution < -0.4 is 5.32 Å². The largest absolute Gasteiger partial charge is 0.394 e. The van der Waals surface area contributed by atoms with Crippen LogP contribution in [0.5, 0.6) is 0 Å². The maximum Gasteiger partial charge on any atom is 0.249 e. The van der Waals surface area contributed by atoms with Crippen molar-refractivity contribution in [3.8, 4) is 0 Å². The Morgan fingerprint density at radius 1 is 0.500 bits per heavy atom. The minimum Gasteiger partial charge on any atom is -0.394 e. The van der Waals surface area contributed by atoms with E-state index in [1.54, 1.807) is 0 Å². The van der Waals surface area contributed by atoms with Crippen molar-refractivity contribution in [2.45, 2.75) is 294 Å². The molecule has 1 rings (SSSR count). The smallest absolute Gasteiger partial charge is 0.249 e. The summed E-state index contributed by atoms with van der Waals surface area (Å²) >= 11 is 0. The molecule has 0 aromatic heterocycles. The topological polar surface area (TPSA) is 189 Å². The highest BCUT2D eigenvalue weighted by atomic mass is 16.7. The van der Waals surface area contributed by atoms with Crippen molar-refractivity contribution in [3.05, 3.63) is 48.6 Å². The molecule has 0 bridgehead atoms. The summed E-state index contributed by atoms with van der Waals surface area (Å²) < 4.78 is 11.1. The zero-order valence-corrected chi connectivity index (χ0v) is 43.3. The van der Waals surface area contributed by atoms with Crippen molar-refractivity contribution in [2.75, 3.05) is 13.2 Å². The Morgan fingerprint density at radius 3 is 1.34 bits per heavy atom. The minimum atomic E-state index is -1.68. The monoisotopic (exact) mass is 964 g/mol. The fraction of sp³-hybridized carbons (Fsp3) is 0.842. The van der Waals surface area contributed by atoms with Crippen molar-refractivity contribution < 1.29 is 50.0 Å². The molecule has 68 heavy (non-hydrogen) atoms. The van der Waals surface area contributed by atoms with Gasteiger partial charge in [0, 0.05) is 0 Å². The average molecular weight is 964 g/mol. The minimum absolute atomic E-state index is 0.233. The summed E-state index contributed by atoms with van der Waals surface area (Å²) in [7, 11) is 0. The Labute approximate surface area is 415 Å². The molecule has 1 aliphatic heterocycles. The second kappa shape index (κ2) is 46.2. The van der Waals surface area contributed by atoms with E-state index in [0.29, 0.717) is 19.3 Å². The van der Waals surface area contributed by atoms with Crippen molar-refractivity contribution in [3.63, 3.8) is 0 Å². The Kier molecular flexibility index (Phi) is 43.5. The van der Waals surface area contributed by atoms with Crippen LogP contribution in [0.1, 0.15) is 239 Å². The number of ether oxygens (including phenoxy) is 2. The van der Waals surface area contributed by atoms with E-state index in [0.717, 1.165) is 57.8 Å². The molecule has 0 aromatic rings. The maximum atomic E-state index is 13.1. The van der Waals surface area contributed by atoms with Crippen molar-refractivity contribution >= 4 is 5.91 Å². The summed E-state index contributed by atoms with van der Waals surface area (Å²) in [6.45, 7) is 3.39. The quantitative estimate of drug-likeness (QED) is 0.0215. The first-order valence-corrected chi connectivity index (χ1v) is 28.0. The summed E-state index contributed by atoms with van der Waals surface area (Å²) in [6.07, 6.45) is 46.3. The molecule has 1 saturated heterocycles. The van der Waals surface area contributed by atoms with Gasteiger partial charge in [-0.15, -0.1) is 0 Å². The summed E-state index contributed by atoms with van der Waals surface area (Å²) in [5.74, 6) is -0.724. The predicted octanol–water partition coefficient (Wildman–Crippen LogP) is 11.3. The van der Waals surface area contributed by atoms with Crippen LogP contribution in [0.4, 0.5) is 0 Å². The van der Waals surface area contributed by atoms with Gasteiger partial charge in [-0.05, 0) is 89.9 Å². The number of hydrogen-bond acceptors (Lipinski definition) is 10. The number of hydrogen-bond donors (Lipinski definition) is 8. The Morgan fingerprint density at radius 2 is 0.882 bits per heavy atom. The van der Waals surface area contributed by atoms with E-state index in [2.05, 4.69) is 67.8 Å². The molecule has 1 fully saturated rings. The molecule has 8 N–H and O–H groups in total. The van der Waals surface area contributed by atoms with Gasteiger partial charge >= 0.3 is 0 Å². The van der Waals surface area contributed by atoms with Crippen LogP contribution in [0, 0.1) is 0 Å². The fourth-order valence-electron chi connectivity index (χ4n) is 8.70. The Hall–Kier alpha value is -1.93. The zero-order chi connectivity index (χ0) is 49.7. The van der Waals surface area contributed by atoms with Gasteiger partial charge in [-0.3, -0.25) is 4.79 Å². The van der Waals surface area contributed by atoms with E-state index in [1.165, 1.54) is 135 Å². The van der Waals surface area contributed by atoms with E-state index < -0.39 is 74.2 Å². The molecule has 0 spiro atoms. The van der Waals surface area contributed by atoms with Gasteiger partial charge in [0.1, 0.15) is 36.6 Å². The predicted molar refractivity (Wildman–Crippen MR) is 279 cm³/mol. The molecule has 1 heterocycles. The fourth-order valence-corrected chi connectivity index (χ4v) is 8.70. The van der Waals surface area contributed by atoms with Crippen LogP contribution in [-0.4, -0.2) is 110 Å². The summed E-state index contributed by atoms with van der Waals surface area (Å²) in [5.41, 5.74) is 0. The lowest BCUT2D eigenvalue weighted by molar-refractivity contribution is -0.303. The number of aliphatic hydroxyl groups is 7. The van der Waals surface area contributed by atoms with Crippen LogP contribution in [0.25, 0.3) is 0 Å². The molecule has 0 saturated carbocycles. The van der Waals surface area contributed by atoms with E-state index >= 15 is 0 Å². The summed E-state index contributed by atoms with van der Waals surface area (Å²) in [6, 6.07) is -1.20. The zero-order valence-electron chi connectivity index (χ0n) is 43.3. The molecule has 0 aromatic carbocycles. The van der Waals surface area contributed by atoms with Crippen molar-refractivity contribution in [1.29, 1.82) is 0 Å². The highest BCUT2D eigenvalue weighted by Gasteiger charge is 2.44. The maximum absolute atomic E-state index is 13.1. The number of allylic oxidation sites excluding steroid dienone is 8. The number of nitrogens with one attached hydrogen (secondary N) is 1. The molecule has 0 radical (unpaired) electrons. The van der Waals surface area contributed by atoms with Crippen LogP contribution in [0.3, 0.4) is 0 Å². The average Bonchev–Trinajstić information content (AvgIpc) is 3.34. The second-order valence-electron chi connectivity index (χ2n) is 19.6. The number of rotatable bonds is 47. The molecular formula is C57H105NO10. The third-order valence-electron chi connectivity index (χ3n) is 13.3. The molecule has 9 atom stereocenters. The molecule has 398 valence electrons. The van der Waals surface area contributed by atoms with E-state index in [4.69, 9.17) is 9.47 Å². The van der Waals surface area contributed by atoms with Gasteiger partial charge in [-0.1, -0.05) is 197 Å². The lowest BCUT2D eigenvalue weighted by Crippen LogP contribution is -2.60. The highest BCUT2D eigenvalue weighted by molar-refractivity contribution is 5.80. The first kappa shape index (κ1) is 64.1.